The number of thiophene rings is 1. The van der Waals surface area contributed by atoms with Gasteiger partial charge >= 0.3 is 0 Å². The number of halogens is 1. The van der Waals surface area contributed by atoms with Gasteiger partial charge in [0.25, 0.3) is 0 Å². The normalized spacial score (nSPS) is 12.4. The molecule has 0 fully saturated rings. The van der Waals surface area contributed by atoms with Crippen LogP contribution in [0.3, 0.4) is 0 Å². The molecule has 1 N–H and O–H groups in total. The van der Waals surface area contributed by atoms with E-state index in [-0.39, 0.29) is 6.04 Å². The largest absolute Gasteiger partial charge is 0.377 e. The average molecular weight is 312 g/mol. The molecule has 1 unspecified atom stereocenters. The molecule has 0 aliphatic heterocycles. The standard InChI is InChI=1S/C14H18ClN3OS/c1-8-5-11(10(3)20-8)9(2)16-13-6-12(15)17-14(18-13)7-19-4/h5-6,9H,7H2,1-4H3,(H,16,17,18). The zero-order valence-electron chi connectivity index (χ0n) is 12.0. The number of rotatable bonds is 5. The number of nitrogens with one attached hydrogen (secondary N) is 1. The summed E-state index contributed by atoms with van der Waals surface area (Å²) in [5.74, 6) is 1.29. The second-order valence-corrected chi connectivity index (χ2v) is 6.51. The second kappa shape index (κ2) is 6.52. The number of methoxy groups -OCH3 is 1. The van der Waals surface area contributed by atoms with E-state index < -0.39 is 0 Å². The molecular weight excluding hydrogens is 294 g/mol. The molecule has 2 aromatic rings. The van der Waals surface area contributed by atoms with Crippen LogP contribution in [0.15, 0.2) is 12.1 Å². The molecule has 20 heavy (non-hydrogen) atoms. The summed E-state index contributed by atoms with van der Waals surface area (Å²) in [7, 11) is 1.61. The average Bonchev–Trinajstić information content (AvgIpc) is 2.68. The molecule has 0 aliphatic carbocycles. The number of ether oxygens (including phenoxy) is 1. The van der Waals surface area contributed by atoms with Crippen LogP contribution >= 0.6 is 22.9 Å². The number of anilines is 1. The molecule has 0 saturated heterocycles. The maximum atomic E-state index is 6.01. The highest BCUT2D eigenvalue weighted by atomic mass is 35.5. The Morgan fingerprint density at radius 1 is 1.35 bits per heavy atom. The molecule has 6 heteroatoms. The number of aryl methyl sites for hydroxylation is 2. The van der Waals surface area contributed by atoms with Crippen LogP contribution in [0.5, 0.6) is 0 Å². The highest BCUT2D eigenvalue weighted by Gasteiger charge is 2.12. The third kappa shape index (κ3) is 3.69. The first-order valence-electron chi connectivity index (χ1n) is 6.35. The predicted molar refractivity (Wildman–Crippen MR) is 83.6 cm³/mol. The molecule has 0 bridgehead atoms. The molecule has 108 valence electrons. The Balaban J connectivity index is 2.18. The van der Waals surface area contributed by atoms with E-state index >= 15 is 0 Å². The van der Waals surface area contributed by atoms with Gasteiger partial charge in [-0.2, -0.15) is 0 Å². The first kappa shape index (κ1) is 15.2. The van der Waals surface area contributed by atoms with Crippen molar-refractivity contribution >= 4 is 28.8 Å². The van der Waals surface area contributed by atoms with Gasteiger partial charge in [0, 0.05) is 22.9 Å². The fraction of sp³-hybridized carbons (Fsp3) is 0.429. The SMILES string of the molecule is COCc1nc(Cl)cc(NC(C)c2cc(C)sc2C)n1. The van der Waals surface area contributed by atoms with E-state index in [1.807, 2.05) is 0 Å². The molecule has 2 rings (SSSR count). The van der Waals surface area contributed by atoms with E-state index in [0.717, 1.165) is 0 Å². The highest BCUT2D eigenvalue weighted by molar-refractivity contribution is 7.12. The van der Waals surface area contributed by atoms with Crippen LogP contribution in [0.25, 0.3) is 0 Å². The predicted octanol–water partition coefficient (Wildman–Crippen LogP) is 4.13. The quantitative estimate of drug-likeness (QED) is 0.843. The Morgan fingerprint density at radius 2 is 2.10 bits per heavy atom. The molecule has 0 amide bonds. The van der Waals surface area contributed by atoms with Crippen LogP contribution in [0.1, 0.15) is 34.1 Å². The zero-order chi connectivity index (χ0) is 14.7. The summed E-state index contributed by atoms with van der Waals surface area (Å²) >= 11 is 7.81. The van der Waals surface area contributed by atoms with Crippen molar-refractivity contribution in [1.82, 2.24) is 9.97 Å². The summed E-state index contributed by atoms with van der Waals surface area (Å²) in [4.78, 5) is 11.1. The highest BCUT2D eigenvalue weighted by Crippen LogP contribution is 2.28. The van der Waals surface area contributed by atoms with Crippen molar-refractivity contribution in [2.24, 2.45) is 0 Å². The van der Waals surface area contributed by atoms with E-state index in [1.54, 1.807) is 24.5 Å². The fourth-order valence-electron chi connectivity index (χ4n) is 2.11. The van der Waals surface area contributed by atoms with Gasteiger partial charge in [-0.3, -0.25) is 0 Å². The summed E-state index contributed by atoms with van der Waals surface area (Å²) in [6.45, 7) is 6.71. The van der Waals surface area contributed by atoms with Gasteiger partial charge in [0.05, 0.1) is 6.04 Å². The van der Waals surface area contributed by atoms with E-state index in [2.05, 4.69) is 42.1 Å². The van der Waals surface area contributed by atoms with Gasteiger partial charge in [0.2, 0.25) is 0 Å². The van der Waals surface area contributed by atoms with Crippen LogP contribution in [0.4, 0.5) is 5.82 Å². The minimum atomic E-state index is 0.168. The van der Waals surface area contributed by atoms with Crippen molar-refractivity contribution in [1.29, 1.82) is 0 Å². The minimum absolute atomic E-state index is 0.168. The van der Waals surface area contributed by atoms with Gasteiger partial charge in [-0.25, -0.2) is 9.97 Å². The topological polar surface area (TPSA) is 47.0 Å². The molecular formula is C14H18ClN3OS. The third-order valence-electron chi connectivity index (χ3n) is 2.92. The Labute approximate surface area is 128 Å². The van der Waals surface area contributed by atoms with Gasteiger partial charge < -0.3 is 10.1 Å². The van der Waals surface area contributed by atoms with Crippen LogP contribution in [-0.4, -0.2) is 17.1 Å². The molecule has 0 spiro atoms. The third-order valence-corrected chi connectivity index (χ3v) is 4.10. The van der Waals surface area contributed by atoms with Crippen molar-refractivity contribution in [2.75, 3.05) is 12.4 Å². The molecule has 0 radical (unpaired) electrons. The van der Waals surface area contributed by atoms with Gasteiger partial charge in [0.1, 0.15) is 17.6 Å². The molecule has 2 heterocycles. The second-order valence-electron chi connectivity index (χ2n) is 4.66. The molecule has 2 aromatic heterocycles. The summed E-state index contributed by atoms with van der Waals surface area (Å²) in [5.41, 5.74) is 1.29. The lowest BCUT2D eigenvalue weighted by Gasteiger charge is -2.15. The zero-order valence-corrected chi connectivity index (χ0v) is 13.6. The van der Waals surface area contributed by atoms with E-state index in [4.69, 9.17) is 16.3 Å². The monoisotopic (exact) mass is 311 g/mol. The van der Waals surface area contributed by atoms with Gasteiger partial charge in [0.15, 0.2) is 5.82 Å². The Morgan fingerprint density at radius 3 is 2.70 bits per heavy atom. The maximum Gasteiger partial charge on any atom is 0.158 e. The fourth-order valence-corrected chi connectivity index (χ4v) is 3.34. The summed E-state index contributed by atoms with van der Waals surface area (Å²) < 4.78 is 5.04. The Bertz CT molecular complexity index is 600. The van der Waals surface area contributed by atoms with Crippen molar-refractivity contribution in [3.05, 3.63) is 38.4 Å². The molecule has 4 nitrogen and oxygen atoms in total. The molecule has 0 aromatic carbocycles. The van der Waals surface area contributed by atoms with E-state index in [0.29, 0.717) is 23.4 Å². The minimum Gasteiger partial charge on any atom is -0.377 e. The maximum absolute atomic E-state index is 6.01. The number of hydrogen-bond donors (Lipinski definition) is 1. The number of nitrogens with zero attached hydrogens (tertiary/aromatic N) is 2. The molecule has 0 saturated carbocycles. The van der Waals surface area contributed by atoms with E-state index in [9.17, 15) is 0 Å². The van der Waals surface area contributed by atoms with Crippen LogP contribution < -0.4 is 5.32 Å². The summed E-state index contributed by atoms with van der Waals surface area (Å²) in [6.07, 6.45) is 0. The lowest BCUT2D eigenvalue weighted by atomic mass is 10.1. The van der Waals surface area contributed by atoms with Crippen LogP contribution in [0.2, 0.25) is 5.15 Å². The van der Waals surface area contributed by atoms with E-state index in [1.165, 1.54) is 15.3 Å². The Kier molecular flexibility index (Phi) is 4.96. The van der Waals surface area contributed by atoms with Crippen molar-refractivity contribution in [3.8, 4) is 0 Å². The van der Waals surface area contributed by atoms with Crippen molar-refractivity contribution in [2.45, 2.75) is 33.4 Å². The first-order valence-corrected chi connectivity index (χ1v) is 7.55. The van der Waals surface area contributed by atoms with Crippen LogP contribution in [-0.2, 0) is 11.3 Å². The summed E-state index contributed by atoms with van der Waals surface area (Å²) in [6, 6.07) is 4.10. The van der Waals surface area contributed by atoms with Gasteiger partial charge in [-0.05, 0) is 32.4 Å². The Hall–Kier alpha value is -1.17. The van der Waals surface area contributed by atoms with Gasteiger partial charge in [-0.15, -0.1) is 11.3 Å². The summed E-state index contributed by atoms with van der Waals surface area (Å²) in [5, 5.41) is 3.78. The van der Waals surface area contributed by atoms with Crippen LogP contribution in [0, 0.1) is 13.8 Å². The number of hydrogen-bond acceptors (Lipinski definition) is 5. The molecule has 1 atom stereocenters. The van der Waals surface area contributed by atoms with Gasteiger partial charge in [-0.1, -0.05) is 11.6 Å². The number of aromatic nitrogens is 2. The van der Waals surface area contributed by atoms with Crippen molar-refractivity contribution in [3.63, 3.8) is 0 Å². The van der Waals surface area contributed by atoms with Crippen molar-refractivity contribution < 1.29 is 4.74 Å². The molecule has 0 aliphatic rings. The lowest BCUT2D eigenvalue weighted by Crippen LogP contribution is -2.10. The lowest BCUT2D eigenvalue weighted by molar-refractivity contribution is 0.178. The smallest absolute Gasteiger partial charge is 0.158 e. The first-order chi connectivity index (χ1) is 9.49.